The second-order valence-corrected chi connectivity index (χ2v) is 5.24. The summed E-state index contributed by atoms with van der Waals surface area (Å²) in [5.74, 6) is -0.000218. The second-order valence-electron chi connectivity index (χ2n) is 5.24. The van der Waals surface area contributed by atoms with Crippen molar-refractivity contribution in [2.75, 3.05) is 20.3 Å². The number of hydrogen-bond donors (Lipinski definition) is 1. The van der Waals surface area contributed by atoms with Crippen LogP contribution in [0.5, 0.6) is 0 Å². The summed E-state index contributed by atoms with van der Waals surface area (Å²) in [6.45, 7) is 1.30. The van der Waals surface area contributed by atoms with E-state index < -0.39 is 0 Å². The molecule has 1 N–H and O–H groups in total. The van der Waals surface area contributed by atoms with E-state index in [9.17, 15) is 4.79 Å². The lowest BCUT2D eigenvalue weighted by Crippen LogP contribution is -2.26. The summed E-state index contributed by atoms with van der Waals surface area (Å²) in [6, 6.07) is 18.2. The number of nitrogens with one attached hydrogen (secondary N) is 1. The third-order valence-corrected chi connectivity index (χ3v) is 3.60. The van der Waals surface area contributed by atoms with Crippen LogP contribution in [-0.4, -0.2) is 26.2 Å². The van der Waals surface area contributed by atoms with Crippen molar-refractivity contribution < 1.29 is 9.53 Å². The molecule has 0 saturated carbocycles. The molecule has 22 heavy (non-hydrogen) atoms. The van der Waals surface area contributed by atoms with Gasteiger partial charge in [-0.15, -0.1) is 0 Å². The molecule has 0 radical (unpaired) electrons. The molecule has 2 aromatic rings. The molecule has 3 nitrogen and oxygen atoms in total. The molecule has 0 bridgehead atoms. The first kappa shape index (κ1) is 16.2. The predicted molar refractivity (Wildman–Crippen MR) is 89.1 cm³/mol. The molecule has 3 heteroatoms. The summed E-state index contributed by atoms with van der Waals surface area (Å²) in [5.41, 5.74) is 3.16. The topological polar surface area (TPSA) is 38.3 Å². The summed E-state index contributed by atoms with van der Waals surface area (Å²) in [5, 5.41) is 2.95. The van der Waals surface area contributed by atoms with E-state index in [0.29, 0.717) is 13.2 Å². The second kappa shape index (κ2) is 9.00. The zero-order chi connectivity index (χ0) is 15.6. The van der Waals surface area contributed by atoms with Crippen LogP contribution in [0.2, 0.25) is 0 Å². The summed E-state index contributed by atoms with van der Waals surface area (Å²) in [7, 11) is 1.67. The zero-order valence-electron chi connectivity index (χ0n) is 13.0. The van der Waals surface area contributed by atoms with Crippen LogP contribution in [0.1, 0.15) is 27.9 Å². The predicted octanol–water partition coefficient (Wildman–Crippen LogP) is 3.24. The summed E-state index contributed by atoms with van der Waals surface area (Å²) in [4.78, 5) is 12.3. The number of ether oxygens (including phenoxy) is 1. The van der Waals surface area contributed by atoms with Gasteiger partial charge in [0.05, 0.1) is 0 Å². The third kappa shape index (κ3) is 5.01. The highest BCUT2D eigenvalue weighted by atomic mass is 16.5. The number of carbonyl (C=O) groups excluding carboxylic acids is 1. The first-order chi connectivity index (χ1) is 10.8. The number of amides is 1. The van der Waals surface area contributed by atoms with Gasteiger partial charge < -0.3 is 10.1 Å². The van der Waals surface area contributed by atoms with Gasteiger partial charge >= 0.3 is 0 Å². The van der Waals surface area contributed by atoms with Gasteiger partial charge in [0.15, 0.2) is 0 Å². The van der Waals surface area contributed by atoms with E-state index in [1.54, 1.807) is 7.11 Å². The maximum atomic E-state index is 12.3. The number of aryl methyl sites for hydroxylation is 2. The van der Waals surface area contributed by atoms with Crippen LogP contribution in [0, 0.1) is 0 Å². The number of hydrogen-bond acceptors (Lipinski definition) is 2. The van der Waals surface area contributed by atoms with Crippen molar-refractivity contribution in [2.24, 2.45) is 0 Å². The molecule has 0 aromatic heterocycles. The average molecular weight is 297 g/mol. The van der Waals surface area contributed by atoms with Crippen LogP contribution < -0.4 is 5.32 Å². The van der Waals surface area contributed by atoms with Crippen molar-refractivity contribution >= 4 is 5.91 Å². The molecule has 0 heterocycles. The molecule has 0 aliphatic rings. The van der Waals surface area contributed by atoms with E-state index >= 15 is 0 Å². The molecule has 0 saturated heterocycles. The van der Waals surface area contributed by atoms with Crippen LogP contribution in [0.3, 0.4) is 0 Å². The fourth-order valence-electron chi connectivity index (χ4n) is 2.40. The molecule has 2 rings (SSSR count). The smallest absolute Gasteiger partial charge is 0.251 e. The van der Waals surface area contributed by atoms with Gasteiger partial charge in [-0.2, -0.15) is 0 Å². The van der Waals surface area contributed by atoms with E-state index in [1.165, 1.54) is 5.56 Å². The van der Waals surface area contributed by atoms with Crippen molar-refractivity contribution in [1.82, 2.24) is 5.32 Å². The van der Waals surface area contributed by atoms with Crippen molar-refractivity contribution in [2.45, 2.75) is 19.3 Å². The maximum Gasteiger partial charge on any atom is 0.251 e. The number of carbonyl (C=O) groups is 1. The Balaban J connectivity index is 1.95. The maximum absolute atomic E-state index is 12.3. The van der Waals surface area contributed by atoms with E-state index in [0.717, 1.165) is 30.4 Å². The Bertz CT molecular complexity index is 581. The van der Waals surface area contributed by atoms with Crippen molar-refractivity contribution in [3.05, 3.63) is 71.3 Å². The van der Waals surface area contributed by atoms with Crippen molar-refractivity contribution in [3.63, 3.8) is 0 Å². The van der Waals surface area contributed by atoms with Crippen LogP contribution in [0.4, 0.5) is 0 Å². The minimum atomic E-state index is -0.000218. The zero-order valence-corrected chi connectivity index (χ0v) is 13.0. The Labute approximate surface area is 132 Å². The fraction of sp³-hybridized carbons (Fsp3) is 0.316. The molecule has 0 aliphatic carbocycles. The molecular formula is C19H23NO2. The van der Waals surface area contributed by atoms with E-state index in [1.807, 2.05) is 42.5 Å². The SMILES string of the molecule is COCCCNC(=O)c1ccccc1CCc1ccccc1. The lowest BCUT2D eigenvalue weighted by molar-refractivity contribution is 0.0947. The van der Waals surface area contributed by atoms with Gasteiger partial charge in [-0.05, 0) is 36.5 Å². The first-order valence-electron chi connectivity index (χ1n) is 7.70. The quantitative estimate of drug-likeness (QED) is 0.760. The average Bonchev–Trinajstić information content (AvgIpc) is 2.58. The third-order valence-electron chi connectivity index (χ3n) is 3.60. The molecule has 0 atom stereocenters. The summed E-state index contributed by atoms with van der Waals surface area (Å²) < 4.78 is 4.99. The van der Waals surface area contributed by atoms with Crippen LogP contribution in [0.25, 0.3) is 0 Å². The largest absolute Gasteiger partial charge is 0.385 e. The summed E-state index contributed by atoms with van der Waals surface area (Å²) in [6.07, 6.45) is 2.63. The van der Waals surface area contributed by atoms with Crippen LogP contribution in [0.15, 0.2) is 54.6 Å². The van der Waals surface area contributed by atoms with E-state index in [2.05, 4.69) is 17.4 Å². The standard InChI is InChI=1S/C19H23NO2/c1-22-15-7-14-20-19(21)18-11-6-5-10-17(18)13-12-16-8-3-2-4-9-16/h2-6,8-11H,7,12-15H2,1H3,(H,20,21). The number of methoxy groups -OCH3 is 1. The molecule has 2 aromatic carbocycles. The number of benzene rings is 2. The minimum Gasteiger partial charge on any atom is -0.385 e. The lowest BCUT2D eigenvalue weighted by atomic mass is 9.99. The van der Waals surface area contributed by atoms with Gasteiger partial charge in [0, 0.05) is 25.8 Å². The normalized spacial score (nSPS) is 10.4. The highest BCUT2D eigenvalue weighted by molar-refractivity contribution is 5.95. The monoisotopic (exact) mass is 297 g/mol. The molecule has 0 unspecified atom stereocenters. The van der Waals surface area contributed by atoms with Gasteiger partial charge in [0.2, 0.25) is 0 Å². The summed E-state index contributed by atoms with van der Waals surface area (Å²) >= 11 is 0. The van der Waals surface area contributed by atoms with E-state index in [4.69, 9.17) is 4.74 Å². The van der Waals surface area contributed by atoms with Gasteiger partial charge in [-0.3, -0.25) is 4.79 Å². The molecule has 1 amide bonds. The Kier molecular flexibility index (Phi) is 6.65. The molecule has 0 spiro atoms. The lowest BCUT2D eigenvalue weighted by Gasteiger charge is -2.10. The fourth-order valence-corrected chi connectivity index (χ4v) is 2.40. The van der Waals surface area contributed by atoms with Gasteiger partial charge in [0.1, 0.15) is 0 Å². The Hall–Kier alpha value is -2.13. The molecule has 116 valence electrons. The molecule has 0 aliphatic heterocycles. The van der Waals surface area contributed by atoms with Crippen LogP contribution in [-0.2, 0) is 17.6 Å². The highest BCUT2D eigenvalue weighted by Crippen LogP contribution is 2.12. The van der Waals surface area contributed by atoms with E-state index in [-0.39, 0.29) is 5.91 Å². The Morgan fingerprint density at radius 2 is 1.73 bits per heavy atom. The first-order valence-corrected chi connectivity index (χ1v) is 7.70. The van der Waals surface area contributed by atoms with Crippen LogP contribution >= 0.6 is 0 Å². The highest BCUT2D eigenvalue weighted by Gasteiger charge is 2.10. The minimum absolute atomic E-state index is 0.000218. The van der Waals surface area contributed by atoms with Gasteiger partial charge in [-0.1, -0.05) is 48.5 Å². The molecule has 0 fully saturated rings. The van der Waals surface area contributed by atoms with Gasteiger partial charge in [-0.25, -0.2) is 0 Å². The molecular weight excluding hydrogens is 274 g/mol. The van der Waals surface area contributed by atoms with Gasteiger partial charge in [0.25, 0.3) is 5.91 Å². The Morgan fingerprint density at radius 3 is 2.50 bits per heavy atom. The van der Waals surface area contributed by atoms with Crippen molar-refractivity contribution in [1.29, 1.82) is 0 Å². The number of rotatable bonds is 8. The Morgan fingerprint density at radius 1 is 1.00 bits per heavy atom. The van der Waals surface area contributed by atoms with Crippen molar-refractivity contribution in [3.8, 4) is 0 Å².